The Morgan fingerprint density at radius 1 is 1.38 bits per heavy atom. The van der Waals surface area contributed by atoms with Gasteiger partial charge in [0.2, 0.25) is 11.8 Å². The summed E-state index contributed by atoms with van der Waals surface area (Å²) in [5.41, 5.74) is 9.43. The third-order valence-corrected chi connectivity index (χ3v) is 2.67. The van der Waals surface area contributed by atoms with E-state index in [-0.39, 0.29) is 13.0 Å². The van der Waals surface area contributed by atoms with E-state index in [1.165, 1.54) is 0 Å². The second-order valence-electron chi connectivity index (χ2n) is 4.08. The average Bonchev–Trinajstić information content (AvgIpc) is 2.93. The van der Waals surface area contributed by atoms with E-state index < -0.39 is 29.2 Å². The number of carbonyl (C=O) groups is 3. The van der Waals surface area contributed by atoms with E-state index in [4.69, 9.17) is 16.6 Å². The molecule has 1 aliphatic carbocycles. The molecule has 1 rings (SSSR count). The summed E-state index contributed by atoms with van der Waals surface area (Å²) in [5, 5.41) is 11.3. The van der Waals surface area contributed by atoms with Gasteiger partial charge in [-0.3, -0.25) is 14.4 Å². The second-order valence-corrected chi connectivity index (χ2v) is 4.08. The predicted molar refractivity (Wildman–Crippen MR) is 54.1 cm³/mol. The van der Waals surface area contributed by atoms with Crippen molar-refractivity contribution >= 4 is 17.8 Å². The quantitative estimate of drug-likeness (QED) is 0.424. The lowest BCUT2D eigenvalue weighted by Crippen LogP contribution is -2.45. The van der Waals surface area contributed by atoms with E-state index in [0.29, 0.717) is 12.8 Å². The van der Waals surface area contributed by atoms with Crippen LogP contribution in [0.15, 0.2) is 0 Å². The Balaban J connectivity index is 2.35. The Bertz CT molecular complexity index is 325. The number of rotatable bonds is 6. The first-order chi connectivity index (χ1) is 7.37. The number of carboxylic acids is 1. The van der Waals surface area contributed by atoms with E-state index in [1.807, 2.05) is 0 Å². The smallest absolute Gasteiger partial charge is 0.311 e. The van der Waals surface area contributed by atoms with Crippen molar-refractivity contribution in [2.24, 2.45) is 16.9 Å². The van der Waals surface area contributed by atoms with Gasteiger partial charge in [-0.05, 0) is 12.8 Å². The number of carbonyl (C=O) groups excluding carboxylic acids is 2. The largest absolute Gasteiger partial charge is 0.481 e. The Hall–Kier alpha value is -1.63. The lowest BCUT2D eigenvalue weighted by atomic mass is 10.1. The summed E-state index contributed by atoms with van der Waals surface area (Å²) in [6, 6.07) is -1.01. The zero-order valence-electron chi connectivity index (χ0n) is 8.73. The summed E-state index contributed by atoms with van der Waals surface area (Å²) in [7, 11) is 0. The molecule has 16 heavy (non-hydrogen) atoms. The van der Waals surface area contributed by atoms with Crippen molar-refractivity contribution < 1.29 is 19.5 Å². The summed E-state index contributed by atoms with van der Waals surface area (Å²) >= 11 is 0. The summed E-state index contributed by atoms with van der Waals surface area (Å²) in [6.45, 7) is 0.0492. The number of hydrogen-bond donors (Lipinski definition) is 4. The number of hydrogen-bond acceptors (Lipinski definition) is 4. The molecule has 0 aromatic rings. The van der Waals surface area contributed by atoms with Crippen LogP contribution in [0.4, 0.5) is 0 Å². The molecule has 0 bridgehead atoms. The molecular weight excluding hydrogens is 214 g/mol. The van der Waals surface area contributed by atoms with Gasteiger partial charge < -0.3 is 21.9 Å². The molecule has 1 aliphatic rings. The minimum Gasteiger partial charge on any atom is -0.481 e. The molecule has 0 saturated heterocycles. The van der Waals surface area contributed by atoms with Crippen LogP contribution < -0.4 is 16.8 Å². The molecule has 90 valence electrons. The van der Waals surface area contributed by atoms with Gasteiger partial charge in [0, 0.05) is 6.54 Å². The van der Waals surface area contributed by atoms with Crippen molar-refractivity contribution in [1.82, 2.24) is 5.32 Å². The number of nitrogens with one attached hydrogen (secondary N) is 1. The minimum absolute atomic E-state index is 0.0492. The maximum absolute atomic E-state index is 11.3. The number of nitrogens with two attached hydrogens (primary N) is 2. The molecule has 1 fully saturated rings. The van der Waals surface area contributed by atoms with Crippen molar-refractivity contribution in [2.75, 3.05) is 6.54 Å². The summed E-state index contributed by atoms with van der Waals surface area (Å²) in [5.74, 6) is -2.13. The first-order valence-corrected chi connectivity index (χ1v) is 4.92. The van der Waals surface area contributed by atoms with E-state index in [0.717, 1.165) is 0 Å². The summed E-state index contributed by atoms with van der Waals surface area (Å²) in [4.78, 5) is 32.6. The van der Waals surface area contributed by atoms with E-state index >= 15 is 0 Å². The van der Waals surface area contributed by atoms with Crippen molar-refractivity contribution in [3.63, 3.8) is 0 Å². The van der Waals surface area contributed by atoms with Crippen molar-refractivity contribution in [1.29, 1.82) is 0 Å². The summed E-state index contributed by atoms with van der Waals surface area (Å²) < 4.78 is 0. The van der Waals surface area contributed by atoms with Crippen LogP contribution in [0.2, 0.25) is 0 Å². The standard InChI is InChI=1S/C9H15N3O4/c10-5(3-6(11)13)7(14)12-4-9(1-2-9)8(15)16/h5H,1-4,10H2,(H2,11,13)(H,12,14)(H,15,16). The Labute approximate surface area is 92.2 Å². The first kappa shape index (κ1) is 12.4. The molecule has 7 nitrogen and oxygen atoms in total. The van der Waals surface area contributed by atoms with Gasteiger partial charge in [0.05, 0.1) is 17.9 Å². The van der Waals surface area contributed by atoms with E-state index in [2.05, 4.69) is 5.32 Å². The van der Waals surface area contributed by atoms with Gasteiger partial charge >= 0.3 is 5.97 Å². The van der Waals surface area contributed by atoms with Crippen LogP contribution in [-0.4, -0.2) is 35.5 Å². The highest BCUT2D eigenvalue weighted by Crippen LogP contribution is 2.45. The molecule has 0 aromatic heterocycles. The normalized spacial score (nSPS) is 18.6. The van der Waals surface area contributed by atoms with Crippen LogP contribution in [0, 0.1) is 5.41 Å². The topological polar surface area (TPSA) is 136 Å². The second kappa shape index (κ2) is 4.48. The molecule has 0 radical (unpaired) electrons. The highest BCUT2D eigenvalue weighted by atomic mass is 16.4. The molecule has 2 amide bonds. The maximum atomic E-state index is 11.3. The van der Waals surface area contributed by atoms with Gasteiger partial charge in [0.15, 0.2) is 0 Å². The van der Waals surface area contributed by atoms with Crippen LogP contribution in [0.5, 0.6) is 0 Å². The lowest BCUT2D eigenvalue weighted by molar-refractivity contribution is -0.143. The molecule has 1 atom stereocenters. The van der Waals surface area contributed by atoms with Gasteiger partial charge in [-0.25, -0.2) is 0 Å². The highest BCUT2D eigenvalue weighted by Gasteiger charge is 2.50. The number of carboxylic acid groups (broad SMARTS) is 1. The Kier molecular flexibility index (Phi) is 3.48. The van der Waals surface area contributed by atoms with Crippen LogP contribution in [0.1, 0.15) is 19.3 Å². The average molecular weight is 229 g/mol. The van der Waals surface area contributed by atoms with Gasteiger partial charge in [-0.2, -0.15) is 0 Å². The fourth-order valence-electron chi connectivity index (χ4n) is 1.31. The van der Waals surface area contributed by atoms with Crippen LogP contribution in [0.3, 0.4) is 0 Å². The fraction of sp³-hybridized carbons (Fsp3) is 0.667. The zero-order valence-corrected chi connectivity index (χ0v) is 8.73. The molecule has 1 unspecified atom stereocenters. The van der Waals surface area contributed by atoms with Gasteiger partial charge in [-0.1, -0.05) is 0 Å². The minimum atomic E-state index is -1.01. The molecule has 6 N–H and O–H groups in total. The summed E-state index contributed by atoms with van der Waals surface area (Å²) in [6.07, 6.45) is 0.854. The molecule has 0 aliphatic heterocycles. The van der Waals surface area contributed by atoms with Crippen molar-refractivity contribution in [3.05, 3.63) is 0 Å². The monoisotopic (exact) mass is 229 g/mol. The van der Waals surface area contributed by atoms with Crippen molar-refractivity contribution in [2.45, 2.75) is 25.3 Å². The molecular formula is C9H15N3O4. The number of aliphatic carboxylic acids is 1. The number of amides is 2. The van der Waals surface area contributed by atoms with Gasteiger partial charge in [0.25, 0.3) is 0 Å². The zero-order chi connectivity index (χ0) is 12.3. The molecule has 0 heterocycles. The molecule has 7 heteroatoms. The predicted octanol–water partition coefficient (Wildman–Crippen LogP) is -1.83. The van der Waals surface area contributed by atoms with Crippen molar-refractivity contribution in [3.8, 4) is 0 Å². The molecule has 0 aromatic carbocycles. The fourth-order valence-corrected chi connectivity index (χ4v) is 1.31. The first-order valence-electron chi connectivity index (χ1n) is 4.92. The van der Waals surface area contributed by atoms with Gasteiger partial charge in [-0.15, -0.1) is 0 Å². The number of primary amides is 1. The third kappa shape index (κ3) is 2.93. The highest BCUT2D eigenvalue weighted by molar-refractivity contribution is 5.88. The Morgan fingerprint density at radius 3 is 2.31 bits per heavy atom. The molecule has 1 saturated carbocycles. The van der Waals surface area contributed by atoms with Crippen LogP contribution in [0.25, 0.3) is 0 Å². The third-order valence-electron chi connectivity index (χ3n) is 2.67. The van der Waals surface area contributed by atoms with E-state index in [9.17, 15) is 14.4 Å². The SMILES string of the molecule is NC(=O)CC(N)C(=O)NCC1(C(=O)O)CC1. The molecule has 0 spiro atoms. The Morgan fingerprint density at radius 2 is 1.94 bits per heavy atom. The van der Waals surface area contributed by atoms with Crippen LogP contribution in [-0.2, 0) is 14.4 Å². The van der Waals surface area contributed by atoms with E-state index in [1.54, 1.807) is 0 Å². The maximum Gasteiger partial charge on any atom is 0.311 e. The lowest BCUT2D eigenvalue weighted by Gasteiger charge is -2.14. The van der Waals surface area contributed by atoms with Crippen LogP contribution >= 0.6 is 0 Å². The van der Waals surface area contributed by atoms with Gasteiger partial charge in [0.1, 0.15) is 0 Å².